The number of aromatic nitrogens is 4. The van der Waals surface area contributed by atoms with Crippen LogP contribution >= 0.6 is 0 Å². The first kappa shape index (κ1) is 10.2. The molecule has 0 N–H and O–H groups in total. The summed E-state index contributed by atoms with van der Waals surface area (Å²) in [6.07, 6.45) is 0.776. The third-order valence-corrected chi connectivity index (χ3v) is 1.98. The Hall–Kier alpha value is -2.28. The first-order valence-corrected chi connectivity index (χ1v) is 5.02. The van der Waals surface area contributed by atoms with Crippen LogP contribution in [0.1, 0.15) is 19.0 Å². The average molecular weight is 210 g/mol. The molecule has 0 saturated carbocycles. The summed E-state index contributed by atoms with van der Waals surface area (Å²) in [5.74, 6) is 5.89. The Bertz CT molecular complexity index is 525. The molecule has 16 heavy (non-hydrogen) atoms. The van der Waals surface area contributed by atoms with Gasteiger partial charge in [0.25, 0.3) is 0 Å². The molecule has 0 bridgehead atoms. The van der Waals surface area contributed by atoms with Gasteiger partial charge in [-0.1, -0.05) is 43.2 Å². The van der Waals surface area contributed by atoms with Gasteiger partial charge in [-0.25, -0.2) is 0 Å². The number of benzene rings is 1. The van der Waals surface area contributed by atoms with Crippen LogP contribution in [0, 0.1) is 11.8 Å². The smallest absolute Gasteiger partial charge is 0.126 e. The van der Waals surface area contributed by atoms with Gasteiger partial charge in [-0.2, -0.15) is 0 Å². The normalized spacial score (nSPS) is 9.31. The lowest BCUT2D eigenvalue weighted by atomic mass is 10.1. The van der Waals surface area contributed by atoms with E-state index in [0.717, 1.165) is 12.0 Å². The summed E-state index contributed by atoms with van der Waals surface area (Å²) in [5.41, 5.74) is 2.20. The van der Waals surface area contributed by atoms with Gasteiger partial charge in [0.15, 0.2) is 5.69 Å². The van der Waals surface area contributed by atoms with Gasteiger partial charge in [0.05, 0.1) is 0 Å². The van der Waals surface area contributed by atoms with E-state index in [9.17, 15) is 0 Å². The minimum Gasteiger partial charge on any atom is -0.126 e. The molecule has 0 aliphatic carbocycles. The van der Waals surface area contributed by atoms with E-state index in [1.54, 1.807) is 0 Å². The van der Waals surface area contributed by atoms with Gasteiger partial charge in [-0.3, -0.25) is 0 Å². The average Bonchev–Trinajstić information content (AvgIpc) is 2.38. The van der Waals surface area contributed by atoms with Gasteiger partial charge in [-0.05, 0) is 16.3 Å². The van der Waals surface area contributed by atoms with Crippen molar-refractivity contribution in [1.29, 1.82) is 0 Å². The molecular formula is C12H10N4. The van der Waals surface area contributed by atoms with Crippen LogP contribution in [0.2, 0.25) is 0 Å². The molecule has 2 rings (SSSR count). The Morgan fingerprint density at radius 3 is 2.56 bits per heavy atom. The van der Waals surface area contributed by atoms with E-state index in [1.165, 1.54) is 0 Å². The zero-order valence-electron chi connectivity index (χ0n) is 8.88. The van der Waals surface area contributed by atoms with E-state index < -0.39 is 0 Å². The van der Waals surface area contributed by atoms with Gasteiger partial charge < -0.3 is 0 Å². The van der Waals surface area contributed by atoms with Crippen molar-refractivity contribution in [2.45, 2.75) is 13.3 Å². The SMILES string of the molecule is CCC#Cc1nnnnc1-c1ccccc1. The molecule has 78 valence electrons. The Balaban J connectivity index is 2.49. The van der Waals surface area contributed by atoms with Crippen molar-refractivity contribution in [2.75, 3.05) is 0 Å². The Labute approximate surface area is 93.7 Å². The van der Waals surface area contributed by atoms with E-state index in [0.29, 0.717) is 11.4 Å². The Morgan fingerprint density at radius 1 is 1.06 bits per heavy atom. The van der Waals surface area contributed by atoms with Crippen LogP contribution in [0.5, 0.6) is 0 Å². The minimum absolute atomic E-state index is 0.572. The molecule has 0 radical (unpaired) electrons. The van der Waals surface area contributed by atoms with E-state index in [-0.39, 0.29) is 0 Å². The van der Waals surface area contributed by atoms with Gasteiger partial charge in [0, 0.05) is 12.0 Å². The summed E-state index contributed by atoms with van der Waals surface area (Å²) in [6, 6.07) is 9.72. The summed E-state index contributed by atoms with van der Waals surface area (Å²) >= 11 is 0. The molecule has 0 aliphatic heterocycles. The van der Waals surface area contributed by atoms with Crippen LogP contribution < -0.4 is 0 Å². The summed E-state index contributed by atoms with van der Waals surface area (Å²) in [4.78, 5) is 0. The summed E-state index contributed by atoms with van der Waals surface area (Å²) in [5, 5.41) is 14.9. The number of nitrogens with zero attached hydrogens (tertiary/aromatic N) is 4. The van der Waals surface area contributed by atoms with Crippen molar-refractivity contribution in [2.24, 2.45) is 0 Å². The number of hydrogen-bond donors (Lipinski definition) is 0. The van der Waals surface area contributed by atoms with Crippen LogP contribution in [0.4, 0.5) is 0 Å². The molecule has 0 fully saturated rings. The molecule has 0 spiro atoms. The second-order valence-corrected chi connectivity index (χ2v) is 3.10. The highest BCUT2D eigenvalue weighted by Crippen LogP contribution is 2.16. The van der Waals surface area contributed by atoms with Crippen molar-refractivity contribution in [3.63, 3.8) is 0 Å². The van der Waals surface area contributed by atoms with Gasteiger partial charge in [0.1, 0.15) is 5.69 Å². The van der Waals surface area contributed by atoms with E-state index in [4.69, 9.17) is 0 Å². The molecule has 4 heteroatoms. The highest BCUT2D eigenvalue weighted by Gasteiger charge is 2.06. The lowest BCUT2D eigenvalue weighted by Gasteiger charge is -1.99. The molecule has 0 amide bonds. The minimum atomic E-state index is 0.572. The summed E-state index contributed by atoms with van der Waals surface area (Å²) in [7, 11) is 0. The predicted octanol–water partition coefficient (Wildman–Crippen LogP) is 1.70. The van der Waals surface area contributed by atoms with Crippen molar-refractivity contribution in [3.05, 3.63) is 36.0 Å². The molecule has 1 aromatic heterocycles. The van der Waals surface area contributed by atoms with Crippen molar-refractivity contribution >= 4 is 0 Å². The largest absolute Gasteiger partial charge is 0.165 e. The molecule has 4 nitrogen and oxygen atoms in total. The van der Waals surface area contributed by atoms with Crippen LogP contribution in [0.15, 0.2) is 30.3 Å². The van der Waals surface area contributed by atoms with Crippen molar-refractivity contribution < 1.29 is 0 Å². The third kappa shape index (κ3) is 2.20. The predicted molar refractivity (Wildman–Crippen MR) is 60.2 cm³/mol. The number of rotatable bonds is 1. The zero-order chi connectivity index (χ0) is 11.2. The monoisotopic (exact) mass is 210 g/mol. The maximum atomic E-state index is 3.98. The molecule has 0 unspecified atom stereocenters. The lowest BCUT2D eigenvalue weighted by molar-refractivity contribution is 0.760. The zero-order valence-corrected chi connectivity index (χ0v) is 8.88. The van der Waals surface area contributed by atoms with Crippen molar-refractivity contribution in [1.82, 2.24) is 20.6 Å². The molecule has 1 heterocycles. The Kier molecular flexibility index (Phi) is 3.19. The van der Waals surface area contributed by atoms with E-state index in [1.807, 2.05) is 37.3 Å². The quantitative estimate of drug-likeness (QED) is 0.672. The lowest BCUT2D eigenvalue weighted by Crippen LogP contribution is -1.99. The number of hydrogen-bond acceptors (Lipinski definition) is 4. The van der Waals surface area contributed by atoms with Crippen LogP contribution in [0.25, 0.3) is 11.3 Å². The second kappa shape index (κ2) is 4.99. The fraction of sp³-hybridized carbons (Fsp3) is 0.167. The summed E-state index contributed by atoms with van der Waals surface area (Å²) in [6.45, 7) is 1.98. The fourth-order valence-corrected chi connectivity index (χ4v) is 1.27. The highest BCUT2D eigenvalue weighted by atomic mass is 15.4. The Morgan fingerprint density at radius 2 is 1.81 bits per heavy atom. The third-order valence-electron chi connectivity index (χ3n) is 1.98. The second-order valence-electron chi connectivity index (χ2n) is 3.10. The van der Waals surface area contributed by atoms with Gasteiger partial charge in [0.2, 0.25) is 0 Å². The molecule has 0 aliphatic rings. The fourth-order valence-electron chi connectivity index (χ4n) is 1.27. The van der Waals surface area contributed by atoms with E-state index in [2.05, 4.69) is 32.5 Å². The molecule has 1 aromatic carbocycles. The highest BCUT2D eigenvalue weighted by molar-refractivity contribution is 5.64. The first-order chi connectivity index (χ1) is 7.92. The summed E-state index contributed by atoms with van der Waals surface area (Å²) < 4.78 is 0. The standard InChI is InChI=1S/C12H10N4/c1-2-3-9-11-12(14-16-15-13-11)10-7-5-4-6-8-10/h4-8H,2H2,1H3. The van der Waals surface area contributed by atoms with Gasteiger partial charge in [-0.15, -0.1) is 10.2 Å². The maximum absolute atomic E-state index is 3.98. The van der Waals surface area contributed by atoms with Crippen LogP contribution in [-0.2, 0) is 0 Å². The van der Waals surface area contributed by atoms with Crippen molar-refractivity contribution in [3.8, 4) is 23.1 Å². The van der Waals surface area contributed by atoms with E-state index >= 15 is 0 Å². The maximum Gasteiger partial charge on any atom is 0.165 e. The van der Waals surface area contributed by atoms with Crippen LogP contribution in [-0.4, -0.2) is 20.6 Å². The van der Waals surface area contributed by atoms with Crippen LogP contribution in [0.3, 0.4) is 0 Å². The molecule has 0 atom stereocenters. The first-order valence-electron chi connectivity index (χ1n) is 5.02. The molecular weight excluding hydrogens is 200 g/mol. The molecule has 2 aromatic rings. The topological polar surface area (TPSA) is 51.6 Å². The van der Waals surface area contributed by atoms with Gasteiger partial charge >= 0.3 is 0 Å². The molecule has 0 saturated heterocycles.